The van der Waals surface area contributed by atoms with Gasteiger partial charge in [-0.3, -0.25) is 0 Å². The first kappa shape index (κ1) is 10.5. The molecule has 17 heavy (non-hydrogen) atoms. The lowest BCUT2D eigenvalue weighted by atomic mass is 10.0. The second kappa shape index (κ2) is 4.23. The third-order valence-corrected chi connectivity index (χ3v) is 2.42. The van der Waals surface area contributed by atoms with Crippen LogP contribution in [0.3, 0.4) is 0 Å². The Morgan fingerprint density at radius 1 is 0.941 bits per heavy atom. The molecule has 0 aliphatic heterocycles. The largest absolute Gasteiger partial charge is 0.323 e. The fourth-order valence-corrected chi connectivity index (χ4v) is 1.65. The second-order valence-corrected chi connectivity index (χ2v) is 3.31. The molecule has 0 aliphatic rings. The second-order valence-electron chi connectivity index (χ2n) is 3.31. The van der Waals surface area contributed by atoms with Gasteiger partial charge in [0, 0.05) is 18.0 Å². The zero-order chi connectivity index (χ0) is 12.3. The van der Waals surface area contributed by atoms with Gasteiger partial charge in [-0.1, -0.05) is 6.07 Å². The van der Waals surface area contributed by atoms with Crippen molar-refractivity contribution in [1.29, 1.82) is 15.8 Å². The summed E-state index contributed by atoms with van der Waals surface area (Å²) in [4.78, 5) is 0. The molecule has 2 aromatic heterocycles. The van der Waals surface area contributed by atoms with E-state index in [9.17, 15) is 0 Å². The number of rotatable bonds is 1. The number of aromatic nitrogens is 1. The van der Waals surface area contributed by atoms with Crippen molar-refractivity contribution in [2.45, 2.75) is 0 Å². The third-order valence-electron chi connectivity index (χ3n) is 2.42. The van der Waals surface area contributed by atoms with Gasteiger partial charge in [0.15, 0.2) is 0 Å². The van der Waals surface area contributed by atoms with E-state index in [0.29, 0.717) is 5.56 Å². The maximum absolute atomic E-state index is 9.07. The van der Waals surface area contributed by atoms with Crippen molar-refractivity contribution in [1.82, 2.24) is 4.40 Å². The molecule has 0 spiro atoms. The van der Waals surface area contributed by atoms with Gasteiger partial charge in [0.05, 0.1) is 11.1 Å². The summed E-state index contributed by atoms with van der Waals surface area (Å²) in [7, 11) is 0. The summed E-state index contributed by atoms with van der Waals surface area (Å²) >= 11 is 0. The van der Waals surface area contributed by atoms with Gasteiger partial charge in [0.2, 0.25) is 0 Å². The van der Waals surface area contributed by atoms with Crippen molar-refractivity contribution in [3.63, 3.8) is 0 Å². The van der Waals surface area contributed by atoms with Crippen LogP contribution in [-0.4, -0.2) is 4.40 Å². The Labute approximate surface area is 97.9 Å². The molecule has 0 N–H and O–H groups in total. The van der Waals surface area contributed by atoms with E-state index in [2.05, 4.69) is 0 Å². The summed E-state index contributed by atoms with van der Waals surface area (Å²) in [5.74, 6) is 0. The molecule has 0 saturated heterocycles. The minimum atomic E-state index is -0.163. The first-order chi connectivity index (χ1) is 8.31. The van der Waals surface area contributed by atoms with Crippen LogP contribution in [0.15, 0.2) is 42.2 Å². The van der Waals surface area contributed by atoms with Crippen LogP contribution in [0.5, 0.6) is 0 Å². The van der Waals surface area contributed by atoms with Crippen LogP contribution in [0.25, 0.3) is 11.1 Å². The van der Waals surface area contributed by atoms with Gasteiger partial charge in [-0.05, 0) is 18.2 Å². The van der Waals surface area contributed by atoms with Crippen molar-refractivity contribution < 1.29 is 0 Å². The number of fused-ring (bicyclic) bond motifs is 1. The van der Waals surface area contributed by atoms with Gasteiger partial charge in [-0.2, -0.15) is 15.8 Å². The smallest absolute Gasteiger partial charge is 0.148 e. The van der Waals surface area contributed by atoms with E-state index in [-0.39, 0.29) is 11.1 Å². The van der Waals surface area contributed by atoms with E-state index in [0.717, 1.165) is 5.52 Å². The van der Waals surface area contributed by atoms with Crippen LogP contribution in [0.1, 0.15) is 5.56 Å². The minimum absolute atomic E-state index is 0.115. The van der Waals surface area contributed by atoms with E-state index in [1.165, 1.54) is 0 Å². The molecule has 0 aromatic carbocycles. The highest BCUT2D eigenvalue weighted by molar-refractivity contribution is 5.91. The summed E-state index contributed by atoms with van der Waals surface area (Å²) in [6, 6.07) is 12.7. The summed E-state index contributed by atoms with van der Waals surface area (Å²) in [5.41, 5.74) is 1.35. The van der Waals surface area contributed by atoms with Crippen molar-refractivity contribution >= 4 is 11.1 Å². The molecule has 0 amide bonds. The van der Waals surface area contributed by atoms with Gasteiger partial charge in [0.25, 0.3) is 0 Å². The lowest BCUT2D eigenvalue weighted by Gasteiger charge is -1.97. The molecule has 4 heteroatoms. The normalized spacial score (nSPS) is 9.00. The number of pyridine rings is 1. The lowest BCUT2D eigenvalue weighted by Crippen LogP contribution is -1.87. The van der Waals surface area contributed by atoms with Gasteiger partial charge >= 0.3 is 0 Å². The molecule has 2 aromatic rings. The van der Waals surface area contributed by atoms with Crippen LogP contribution in [0.2, 0.25) is 0 Å². The van der Waals surface area contributed by atoms with E-state index in [1.807, 2.05) is 34.9 Å². The number of hydrogen-bond donors (Lipinski definition) is 0. The first-order valence-corrected chi connectivity index (χ1v) is 4.82. The number of hydrogen-bond acceptors (Lipinski definition) is 3. The van der Waals surface area contributed by atoms with Crippen molar-refractivity contribution in [2.24, 2.45) is 0 Å². The predicted molar refractivity (Wildman–Crippen MR) is 61.2 cm³/mol. The molecule has 0 unspecified atom stereocenters. The molecule has 4 nitrogen and oxygen atoms in total. The van der Waals surface area contributed by atoms with Crippen LogP contribution in [0, 0.1) is 34.0 Å². The van der Waals surface area contributed by atoms with Crippen LogP contribution >= 0.6 is 0 Å². The predicted octanol–water partition coefficient (Wildman–Crippen LogP) is 2.26. The highest BCUT2D eigenvalue weighted by atomic mass is 14.8. The Morgan fingerprint density at radius 3 is 2.35 bits per heavy atom. The summed E-state index contributed by atoms with van der Waals surface area (Å²) in [5, 5.41) is 26.7. The Kier molecular flexibility index (Phi) is 2.61. The fraction of sp³-hybridized carbons (Fsp3) is 0. The quantitative estimate of drug-likeness (QED) is 0.689. The molecule has 2 heterocycles. The lowest BCUT2D eigenvalue weighted by molar-refractivity contribution is 1.20. The van der Waals surface area contributed by atoms with E-state index in [1.54, 1.807) is 24.4 Å². The molecular formula is C13H6N4. The SMILES string of the molecule is N#CC(C#N)=C(C#N)c1ccn2ccccc12. The van der Waals surface area contributed by atoms with Gasteiger partial charge in [0.1, 0.15) is 23.8 Å². The van der Waals surface area contributed by atoms with Gasteiger partial charge in [-0.25, -0.2) is 0 Å². The Bertz CT molecular complexity index is 713. The third kappa shape index (κ3) is 1.63. The molecule has 0 atom stereocenters. The highest BCUT2D eigenvalue weighted by Crippen LogP contribution is 2.23. The van der Waals surface area contributed by atoms with Gasteiger partial charge in [-0.15, -0.1) is 0 Å². The first-order valence-electron chi connectivity index (χ1n) is 4.82. The summed E-state index contributed by atoms with van der Waals surface area (Å²) in [6.45, 7) is 0. The molecule has 0 saturated carbocycles. The van der Waals surface area contributed by atoms with Crippen molar-refractivity contribution in [2.75, 3.05) is 0 Å². The van der Waals surface area contributed by atoms with Crippen LogP contribution in [-0.2, 0) is 0 Å². The molecule has 0 fully saturated rings. The topological polar surface area (TPSA) is 75.8 Å². The van der Waals surface area contributed by atoms with E-state index < -0.39 is 0 Å². The zero-order valence-corrected chi connectivity index (χ0v) is 8.75. The number of allylic oxidation sites excluding steroid dienone is 2. The van der Waals surface area contributed by atoms with E-state index >= 15 is 0 Å². The van der Waals surface area contributed by atoms with Crippen LogP contribution in [0.4, 0.5) is 0 Å². The molecule has 78 valence electrons. The molecule has 0 radical (unpaired) electrons. The standard InChI is InChI=1S/C13H6N4/c14-7-10(8-15)12(9-16)11-4-6-17-5-2-1-3-13(11)17/h1-6H. The number of nitriles is 3. The average molecular weight is 218 g/mol. The molecular weight excluding hydrogens is 212 g/mol. The van der Waals surface area contributed by atoms with Crippen LogP contribution < -0.4 is 0 Å². The van der Waals surface area contributed by atoms with E-state index in [4.69, 9.17) is 15.8 Å². The minimum Gasteiger partial charge on any atom is -0.323 e. The average Bonchev–Trinajstić information content (AvgIpc) is 2.79. The fourth-order valence-electron chi connectivity index (χ4n) is 1.65. The maximum atomic E-state index is 9.07. The summed E-state index contributed by atoms with van der Waals surface area (Å²) in [6.07, 6.45) is 3.63. The monoisotopic (exact) mass is 218 g/mol. The molecule has 2 rings (SSSR count). The summed E-state index contributed by atoms with van der Waals surface area (Å²) < 4.78 is 1.83. The Morgan fingerprint density at radius 2 is 1.71 bits per heavy atom. The Balaban J connectivity index is 2.79. The molecule has 0 bridgehead atoms. The number of nitrogens with zero attached hydrogens (tertiary/aromatic N) is 4. The Hall–Kier alpha value is -3.03. The molecule has 0 aliphatic carbocycles. The highest BCUT2D eigenvalue weighted by Gasteiger charge is 2.12. The van der Waals surface area contributed by atoms with Crippen molar-refractivity contribution in [3.8, 4) is 18.2 Å². The van der Waals surface area contributed by atoms with Crippen molar-refractivity contribution in [3.05, 3.63) is 47.8 Å². The maximum Gasteiger partial charge on any atom is 0.148 e. The zero-order valence-electron chi connectivity index (χ0n) is 8.75. The van der Waals surface area contributed by atoms with Gasteiger partial charge < -0.3 is 4.40 Å².